The van der Waals surface area contributed by atoms with E-state index in [-0.39, 0.29) is 0 Å². The number of pyridine rings is 1. The lowest BCUT2D eigenvalue weighted by atomic mass is 10.1. The molecule has 0 unspecified atom stereocenters. The summed E-state index contributed by atoms with van der Waals surface area (Å²) in [4.78, 5) is 8.88. The van der Waals surface area contributed by atoms with Crippen molar-refractivity contribution >= 4 is 40.2 Å². The van der Waals surface area contributed by atoms with E-state index in [1.54, 1.807) is 12.3 Å². The van der Waals surface area contributed by atoms with Gasteiger partial charge in [0.2, 0.25) is 5.13 Å². The van der Waals surface area contributed by atoms with Crippen molar-refractivity contribution < 1.29 is 0 Å². The summed E-state index contributed by atoms with van der Waals surface area (Å²) >= 11 is 7.02. The van der Waals surface area contributed by atoms with Crippen molar-refractivity contribution in [2.24, 2.45) is 0 Å². The minimum atomic E-state index is 0.620. The number of hydrogen-bond donors (Lipinski definition) is 1. The molecule has 0 radical (unpaired) electrons. The Bertz CT molecular complexity index is 1140. The van der Waals surface area contributed by atoms with Crippen LogP contribution in [0.4, 0.5) is 16.6 Å². The van der Waals surface area contributed by atoms with Crippen LogP contribution < -0.4 is 10.2 Å². The Hall–Kier alpha value is -2.80. The summed E-state index contributed by atoms with van der Waals surface area (Å²) in [6.07, 6.45) is 1.74. The van der Waals surface area contributed by atoms with Gasteiger partial charge in [-0.3, -0.25) is 4.90 Å². The number of nitrogens with one attached hydrogen (secondary N) is 1. The Labute approximate surface area is 185 Å². The second-order valence-electron chi connectivity index (χ2n) is 7.33. The van der Waals surface area contributed by atoms with Crippen LogP contribution in [0.25, 0.3) is 0 Å². The van der Waals surface area contributed by atoms with Crippen molar-refractivity contribution in [3.8, 4) is 6.07 Å². The molecule has 0 spiro atoms. The van der Waals surface area contributed by atoms with Gasteiger partial charge in [-0.25, -0.2) is 9.67 Å². The molecule has 30 heavy (non-hydrogen) atoms. The van der Waals surface area contributed by atoms with E-state index >= 15 is 0 Å². The number of benzene rings is 1. The molecule has 3 aromatic rings. The third-order valence-corrected chi connectivity index (χ3v) is 6.50. The van der Waals surface area contributed by atoms with Crippen LogP contribution in [0.5, 0.6) is 0 Å². The quantitative estimate of drug-likeness (QED) is 0.603. The number of nitrogens with zero attached hydrogens (tertiary/aromatic N) is 6. The second kappa shape index (κ2) is 8.92. The highest BCUT2D eigenvalue weighted by Gasteiger charge is 2.21. The Morgan fingerprint density at radius 2 is 1.97 bits per heavy atom. The molecule has 1 fully saturated rings. The molecular weight excluding hydrogens is 414 g/mol. The van der Waals surface area contributed by atoms with E-state index in [9.17, 15) is 5.26 Å². The predicted octanol–water partition coefficient (Wildman–Crippen LogP) is 4.08. The van der Waals surface area contributed by atoms with Crippen molar-refractivity contribution in [3.05, 3.63) is 57.2 Å². The number of nitriles is 1. The summed E-state index contributed by atoms with van der Waals surface area (Å²) in [6, 6.07) is 12.1. The van der Waals surface area contributed by atoms with Gasteiger partial charge in [0, 0.05) is 38.1 Å². The zero-order valence-corrected chi connectivity index (χ0v) is 18.6. The molecule has 1 aromatic carbocycles. The maximum atomic E-state index is 9.31. The molecule has 3 heterocycles. The lowest BCUT2D eigenvalue weighted by molar-refractivity contribution is 0.195. The minimum absolute atomic E-state index is 0.620. The monoisotopic (exact) mass is 437 g/mol. The number of piperazine rings is 1. The van der Waals surface area contributed by atoms with Crippen LogP contribution in [-0.4, -0.2) is 45.8 Å². The van der Waals surface area contributed by atoms with E-state index < -0.39 is 0 Å². The molecule has 2 aromatic heterocycles. The molecule has 7 nitrogen and oxygen atoms in total. The molecule has 0 atom stereocenters. The topological polar surface area (TPSA) is 73.0 Å². The molecule has 1 aliphatic heterocycles. The minimum Gasteiger partial charge on any atom is -0.353 e. The van der Waals surface area contributed by atoms with E-state index in [0.29, 0.717) is 12.2 Å². The molecule has 4 rings (SSSR count). The smallest absolute Gasteiger partial charge is 0.209 e. The SMILES string of the molecule is Cc1ccc(Nc2nn(CN3CCN(c4ncccc4C#N)CC3)c(=S)s2)cc1C. The number of aromatic nitrogens is 3. The highest BCUT2D eigenvalue weighted by Crippen LogP contribution is 2.23. The number of hydrogen-bond acceptors (Lipinski definition) is 8. The van der Waals surface area contributed by atoms with Crippen LogP contribution in [0.3, 0.4) is 0 Å². The molecule has 1 saturated heterocycles. The highest BCUT2D eigenvalue weighted by atomic mass is 32.1. The first-order valence-electron chi connectivity index (χ1n) is 9.78. The third kappa shape index (κ3) is 4.51. The summed E-state index contributed by atoms with van der Waals surface area (Å²) in [7, 11) is 0. The van der Waals surface area contributed by atoms with Crippen LogP contribution in [0, 0.1) is 29.1 Å². The second-order valence-corrected chi connectivity index (χ2v) is 8.95. The number of aryl methyl sites for hydroxylation is 2. The molecule has 9 heteroatoms. The van der Waals surface area contributed by atoms with E-state index in [1.807, 2.05) is 10.7 Å². The summed E-state index contributed by atoms with van der Waals surface area (Å²) in [5.41, 5.74) is 4.15. The predicted molar refractivity (Wildman–Crippen MR) is 123 cm³/mol. The van der Waals surface area contributed by atoms with Crippen molar-refractivity contribution in [2.45, 2.75) is 20.5 Å². The zero-order valence-electron chi connectivity index (χ0n) is 17.0. The average Bonchev–Trinajstić information content (AvgIpc) is 3.10. The molecule has 0 bridgehead atoms. The molecule has 0 saturated carbocycles. The van der Waals surface area contributed by atoms with E-state index in [2.05, 4.69) is 63.3 Å². The van der Waals surface area contributed by atoms with Crippen LogP contribution in [0.2, 0.25) is 0 Å². The van der Waals surface area contributed by atoms with Gasteiger partial charge in [0.15, 0.2) is 3.95 Å². The number of rotatable bonds is 5. The highest BCUT2D eigenvalue weighted by molar-refractivity contribution is 7.73. The van der Waals surface area contributed by atoms with E-state index in [0.717, 1.165) is 46.8 Å². The largest absolute Gasteiger partial charge is 0.353 e. The fourth-order valence-electron chi connectivity index (χ4n) is 3.42. The van der Waals surface area contributed by atoms with Gasteiger partial charge in [-0.05, 0) is 61.5 Å². The fourth-order valence-corrected chi connectivity index (χ4v) is 4.43. The number of anilines is 3. The zero-order chi connectivity index (χ0) is 21.1. The van der Waals surface area contributed by atoms with Crippen molar-refractivity contribution in [1.29, 1.82) is 5.26 Å². The Balaban J connectivity index is 1.38. The van der Waals surface area contributed by atoms with E-state index in [4.69, 9.17) is 12.2 Å². The Morgan fingerprint density at radius 3 is 2.70 bits per heavy atom. The lowest BCUT2D eigenvalue weighted by Gasteiger charge is -2.35. The fraction of sp³-hybridized carbons (Fsp3) is 0.333. The summed E-state index contributed by atoms with van der Waals surface area (Å²) in [6.45, 7) is 8.22. The van der Waals surface area contributed by atoms with Gasteiger partial charge >= 0.3 is 0 Å². The first-order valence-corrected chi connectivity index (χ1v) is 11.0. The van der Waals surface area contributed by atoms with Gasteiger partial charge in [0.1, 0.15) is 11.9 Å². The van der Waals surface area contributed by atoms with Gasteiger partial charge in [0.25, 0.3) is 0 Å². The first kappa shape index (κ1) is 20.5. The molecule has 0 amide bonds. The third-order valence-electron chi connectivity index (χ3n) is 5.28. The standard InChI is InChI=1S/C21H23N7S2/c1-15-5-6-18(12-16(15)2)24-20-25-28(21(29)30-20)14-26-8-10-27(11-9-26)19-17(13-22)4-3-7-23-19/h3-7,12H,8-11,14H2,1-2H3,(H,24,25). The maximum Gasteiger partial charge on any atom is 0.209 e. The van der Waals surface area contributed by atoms with Crippen molar-refractivity contribution in [1.82, 2.24) is 19.7 Å². The summed E-state index contributed by atoms with van der Waals surface area (Å²) in [5.74, 6) is 0.768. The van der Waals surface area contributed by atoms with Gasteiger partial charge in [0.05, 0.1) is 12.2 Å². The first-order chi connectivity index (χ1) is 14.5. The van der Waals surface area contributed by atoms with Crippen molar-refractivity contribution in [2.75, 3.05) is 36.4 Å². The van der Waals surface area contributed by atoms with Crippen LogP contribution in [-0.2, 0) is 6.67 Å². The maximum absolute atomic E-state index is 9.31. The Morgan fingerprint density at radius 1 is 1.17 bits per heavy atom. The van der Waals surface area contributed by atoms with E-state index in [1.165, 1.54) is 22.5 Å². The Kier molecular flexibility index (Phi) is 6.08. The van der Waals surface area contributed by atoms with Gasteiger partial charge in [-0.15, -0.1) is 5.10 Å². The van der Waals surface area contributed by atoms with Crippen LogP contribution in [0.15, 0.2) is 36.5 Å². The normalized spacial score (nSPS) is 14.5. The molecule has 1 N–H and O–H groups in total. The molecular formula is C21H23N7S2. The molecule has 154 valence electrons. The van der Waals surface area contributed by atoms with Gasteiger partial charge < -0.3 is 10.2 Å². The summed E-state index contributed by atoms with van der Waals surface area (Å²) in [5, 5.41) is 18.1. The van der Waals surface area contributed by atoms with Gasteiger partial charge in [-0.1, -0.05) is 17.4 Å². The molecule has 1 aliphatic rings. The van der Waals surface area contributed by atoms with Gasteiger partial charge in [-0.2, -0.15) is 5.26 Å². The van der Waals surface area contributed by atoms with Crippen LogP contribution >= 0.6 is 23.6 Å². The van der Waals surface area contributed by atoms with Crippen LogP contribution in [0.1, 0.15) is 16.7 Å². The van der Waals surface area contributed by atoms with Crippen molar-refractivity contribution in [3.63, 3.8) is 0 Å². The lowest BCUT2D eigenvalue weighted by Crippen LogP contribution is -2.47. The average molecular weight is 438 g/mol. The summed E-state index contributed by atoms with van der Waals surface area (Å²) < 4.78 is 2.63. The molecule has 0 aliphatic carbocycles.